The molecule has 0 radical (unpaired) electrons. The van der Waals surface area contributed by atoms with Crippen molar-refractivity contribution in [1.29, 1.82) is 0 Å². The summed E-state index contributed by atoms with van der Waals surface area (Å²) in [5, 5.41) is 2.66. The molecule has 0 unspecified atom stereocenters. The van der Waals surface area contributed by atoms with Gasteiger partial charge in [-0.05, 0) is 18.2 Å². The van der Waals surface area contributed by atoms with Gasteiger partial charge in [-0.1, -0.05) is 12.0 Å². The van der Waals surface area contributed by atoms with Crippen molar-refractivity contribution in [3.8, 4) is 11.8 Å². The Morgan fingerprint density at radius 2 is 2.17 bits per heavy atom. The number of benzene rings is 1. The Labute approximate surface area is 102 Å². The molecular formula is C12H10F3NO2. The largest absolute Gasteiger partial charge is 0.459 e. The highest BCUT2D eigenvalue weighted by molar-refractivity contribution is 5.88. The maximum atomic E-state index is 12.4. The lowest BCUT2D eigenvalue weighted by Crippen LogP contribution is -2.06. The molecule has 18 heavy (non-hydrogen) atoms. The van der Waals surface area contributed by atoms with Crippen LogP contribution >= 0.6 is 0 Å². The van der Waals surface area contributed by atoms with Gasteiger partial charge in [-0.25, -0.2) is 4.79 Å². The van der Waals surface area contributed by atoms with Gasteiger partial charge in [-0.3, -0.25) is 0 Å². The van der Waals surface area contributed by atoms with E-state index in [0.717, 1.165) is 12.1 Å². The van der Waals surface area contributed by atoms with Crippen molar-refractivity contribution < 1.29 is 22.7 Å². The van der Waals surface area contributed by atoms with Crippen LogP contribution in [0.5, 0.6) is 0 Å². The minimum absolute atomic E-state index is 0.0520. The monoisotopic (exact) mass is 257 g/mol. The Kier molecular flexibility index (Phi) is 4.60. The van der Waals surface area contributed by atoms with Gasteiger partial charge in [0.1, 0.15) is 0 Å². The molecule has 1 aromatic carbocycles. The van der Waals surface area contributed by atoms with Crippen LogP contribution in [0.2, 0.25) is 0 Å². The molecule has 1 N–H and O–H groups in total. The molecule has 1 rings (SSSR count). The molecule has 96 valence electrons. The molecule has 0 heterocycles. The first kappa shape index (κ1) is 13.9. The molecule has 0 amide bonds. The van der Waals surface area contributed by atoms with Crippen LogP contribution in [0.15, 0.2) is 24.3 Å². The molecule has 0 aliphatic rings. The number of carbonyl (C=O) groups excluding carboxylic acids is 1. The highest BCUT2D eigenvalue weighted by atomic mass is 19.4. The topological polar surface area (TPSA) is 38.3 Å². The quantitative estimate of drug-likeness (QED) is 0.502. The smallest absolute Gasteiger partial charge is 0.416 e. The van der Waals surface area contributed by atoms with E-state index in [1.54, 1.807) is 0 Å². The van der Waals surface area contributed by atoms with Crippen LogP contribution in [0.4, 0.5) is 18.9 Å². The number of alkyl halides is 3. The number of anilines is 1. The normalized spacial score (nSPS) is 10.2. The third kappa shape index (κ3) is 4.37. The Morgan fingerprint density at radius 3 is 2.78 bits per heavy atom. The summed E-state index contributed by atoms with van der Waals surface area (Å²) in [7, 11) is 1.19. The lowest BCUT2D eigenvalue weighted by molar-refractivity contribution is -0.137. The van der Waals surface area contributed by atoms with Gasteiger partial charge in [-0.15, -0.1) is 0 Å². The Morgan fingerprint density at radius 1 is 1.44 bits per heavy atom. The summed E-state index contributed by atoms with van der Waals surface area (Å²) in [5.74, 6) is 3.88. The summed E-state index contributed by atoms with van der Waals surface area (Å²) in [6.45, 7) is 0.0520. The fourth-order valence-corrected chi connectivity index (χ4v) is 1.12. The molecule has 0 fully saturated rings. The Bertz CT molecular complexity index is 486. The summed E-state index contributed by atoms with van der Waals surface area (Å²) in [4.78, 5) is 10.6. The lowest BCUT2D eigenvalue weighted by Gasteiger charge is -2.08. The number of carbonyl (C=O) groups is 1. The van der Waals surface area contributed by atoms with Gasteiger partial charge in [0.05, 0.1) is 19.2 Å². The molecule has 1 aromatic rings. The van der Waals surface area contributed by atoms with Crippen LogP contribution in [-0.4, -0.2) is 19.6 Å². The number of hydrogen-bond donors (Lipinski definition) is 1. The van der Waals surface area contributed by atoms with Crippen molar-refractivity contribution in [3.63, 3.8) is 0 Å². The first-order valence-electron chi connectivity index (χ1n) is 4.91. The highest BCUT2D eigenvalue weighted by Crippen LogP contribution is 2.30. The van der Waals surface area contributed by atoms with Crippen LogP contribution in [-0.2, 0) is 15.7 Å². The number of hydrogen-bond acceptors (Lipinski definition) is 3. The maximum absolute atomic E-state index is 12.4. The summed E-state index contributed by atoms with van der Waals surface area (Å²) in [5.41, 5.74) is -0.461. The molecule has 0 aromatic heterocycles. The molecule has 0 saturated heterocycles. The number of halogens is 3. The standard InChI is InChI=1S/C12H10F3NO2/c1-18-11(17)6-3-7-16-10-5-2-4-9(8-10)12(13,14)15/h2,4-5,8,16H,7H2,1H3. The average molecular weight is 257 g/mol. The Balaban J connectivity index is 2.63. The SMILES string of the molecule is COC(=O)C#CCNc1cccc(C(F)(F)F)c1. The van der Waals surface area contributed by atoms with Crippen molar-refractivity contribution in [1.82, 2.24) is 0 Å². The van der Waals surface area contributed by atoms with E-state index >= 15 is 0 Å². The first-order valence-corrected chi connectivity index (χ1v) is 4.91. The average Bonchev–Trinajstić information content (AvgIpc) is 2.33. The number of methoxy groups -OCH3 is 1. The Hall–Kier alpha value is -2.16. The molecule has 0 aliphatic heterocycles. The number of rotatable bonds is 2. The van der Waals surface area contributed by atoms with Crippen molar-refractivity contribution in [3.05, 3.63) is 29.8 Å². The predicted molar refractivity (Wildman–Crippen MR) is 59.7 cm³/mol. The van der Waals surface area contributed by atoms with E-state index in [1.807, 2.05) is 0 Å². The number of esters is 1. The molecule has 0 atom stereocenters. The van der Waals surface area contributed by atoms with Crippen molar-refractivity contribution >= 4 is 11.7 Å². The second-order valence-electron chi connectivity index (χ2n) is 3.23. The predicted octanol–water partition coefficient (Wildman–Crippen LogP) is 2.29. The van der Waals surface area contributed by atoms with Gasteiger partial charge in [0.2, 0.25) is 0 Å². The van der Waals surface area contributed by atoms with Crippen molar-refractivity contribution in [2.24, 2.45) is 0 Å². The molecule has 0 spiro atoms. The van der Waals surface area contributed by atoms with Gasteiger partial charge in [0.25, 0.3) is 0 Å². The van der Waals surface area contributed by atoms with E-state index < -0.39 is 17.7 Å². The molecule has 6 heteroatoms. The second kappa shape index (κ2) is 5.96. The fourth-order valence-electron chi connectivity index (χ4n) is 1.12. The first-order chi connectivity index (χ1) is 8.43. The maximum Gasteiger partial charge on any atom is 0.416 e. The molecule has 0 bridgehead atoms. The van der Waals surface area contributed by atoms with Gasteiger partial charge >= 0.3 is 12.1 Å². The van der Waals surface area contributed by atoms with E-state index in [9.17, 15) is 18.0 Å². The summed E-state index contributed by atoms with van der Waals surface area (Å²) in [6.07, 6.45) is -4.38. The van der Waals surface area contributed by atoms with Gasteiger partial charge < -0.3 is 10.1 Å². The third-order valence-electron chi connectivity index (χ3n) is 1.95. The fraction of sp³-hybridized carbons (Fsp3) is 0.250. The van der Waals surface area contributed by atoms with Crippen LogP contribution in [0.1, 0.15) is 5.56 Å². The summed E-state index contributed by atoms with van der Waals surface area (Å²) < 4.78 is 41.4. The lowest BCUT2D eigenvalue weighted by atomic mass is 10.2. The minimum atomic E-state index is -4.38. The van der Waals surface area contributed by atoms with Crippen molar-refractivity contribution in [2.45, 2.75) is 6.18 Å². The molecule has 0 aliphatic carbocycles. The van der Waals surface area contributed by atoms with Crippen LogP contribution in [0.25, 0.3) is 0 Å². The number of nitrogens with one attached hydrogen (secondary N) is 1. The molecular weight excluding hydrogens is 247 g/mol. The molecule has 3 nitrogen and oxygen atoms in total. The van der Waals surface area contributed by atoms with Crippen molar-refractivity contribution in [2.75, 3.05) is 19.0 Å². The van der Waals surface area contributed by atoms with Crippen LogP contribution in [0, 0.1) is 11.8 Å². The zero-order valence-electron chi connectivity index (χ0n) is 9.47. The second-order valence-corrected chi connectivity index (χ2v) is 3.23. The zero-order chi connectivity index (χ0) is 13.6. The van der Waals surface area contributed by atoms with E-state index in [2.05, 4.69) is 21.9 Å². The van der Waals surface area contributed by atoms with E-state index in [-0.39, 0.29) is 12.2 Å². The van der Waals surface area contributed by atoms with Gasteiger partial charge in [-0.2, -0.15) is 13.2 Å². The molecule has 0 saturated carbocycles. The van der Waals surface area contributed by atoms with E-state index in [0.29, 0.717) is 0 Å². The number of ether oxygens (including phenoxy) is 1. The van der Waals surface area contributed by atoms with Crippen LogP contribution in [0.3, 0.4) is 0 Å². The third-order valence-corrected chi connectivity index (χ3v) is 1.95. The minimum Gasteiger partial charge on any atom is -0.459 e. The highest BCUT2D eigenvalue weighted by Gasteiger charge is 2.30. The van der Waals surface area contributed by atoms with E-state index in [4.69, 9.17) is 0 Å². The van der Waals surface area contributed by atoms with Gasteiger partial charge in [0, 0.05) is 11.6 Å². The summed E-state index contributed by atoms with van der Waals surface area (Å²) >= 11 is 0. The van der Waals surface area contributed by atoms with Gasteiger partial charge in [0.15, 0.2) is 0 Å². The van der Waals surface area contributed by atoms with E-state index in [1.165, 1.54) is 19.2 Å². The zero-order valence-corrected chi connectivity index (χ0v) is 9.47. The summed E-state index contributed by atoms with van der Waals surface area (Å²) in [6, 6.07) is 4.72. The van der Waals surface area contributed by atoms with Crippen LogP contribution < -0.4 is 5.32 Å².